The van der Waals surface area contributed by atoms with Gasteiger partial charge in [-0.05, 0) is 42.9 Å². The van der Waals surface area contributed by atoms with E-state index in [1.165, 1.54) is 44.1 Å². The number of rotatable bonds is 6. The lowest BCUT2D eigenvalue weighted by atomic mass is 9.98. The molecule has 100 valence electrons. The second-order valence-corrected chi connectivity index (χ2v) is 6.67. The predicted molar refractivity (Wildman–Crippen MR) is 80.6 cm³/mol. The summed E-state index contributed by atoms with van der Waals surface area (Å²) in [5.74, 6) is 1.94. The van der Waals surface area contributed by atoms with E-state index in [9.17, 15) is 0 Å². The van der Waals surface area contributed by atoms with E-state index in [4.69, 9.17) is 4.74 Å². The number of hydrogen-bond donors (Lipinski definition) is 0. The van der Waals surface area contributed by atoms with Gasteiger partial charge in [-0.25, -0.2) is 0 Å². The third-order valence-corrected chi connectivity index (χ3v) is 4.76. The topological polar surface area (TPSA) is 9.23 Å². The monoisotopic (exact) mass is 310 g/mol. The zero-order valence-corrected chi connectivity index (χ0v) is 12.8. The number of methoxy groups -OCH3 is 1. The summed E-state index contributed by atoms with van der Waals surface area (Å²) in [7, 11) is 1.71. The van der Waals surface area contributed by atoms with Gasteiger partial charge in [0.1, 0.15) is 5.75 Å². The third kappa shape index (κ3) is 4.31. The van der Waals surface area contributed by atoms with Crippen LogP contribution in [0.1, 0.15) is 44.1 Å². The van der Waals surface area contributed by atoms with Gasteiger partial charge in [-0.15, -0.1) is 0 Å². The summed E-state index contributed by atoms with van der Waals surface area (Å²) < 4.78 is 5.18. The van der Waals surface area contributed by atoms with Gasteiger partial charge in [-0.3, -0.25) is 0 Å². The Morgan fingerprint density at radius 3 is 2.50 bits per heavy atom. The summed E-state index contributed by atoms with van der Waals surface area (Å²) in [6, 6.07) is 8.43. The molecule has 1 aliphatic carbocycles. The highest BCUT2D eigenvalue weighted by molar-refractivity contribution is 9.09. The molecule has 1 aromatic carbocycles. The molecule has 1 nitrogen and oxygen atoms in total. The maximum atomic E-state index is 5.18. The van der Waals surface area contributed by atoms with Crippen molar-refractivity contribution in [2.45, 2.75) is 49.8 Å². The summed E-state index contributed by atoms with van der Waals surface area (Å²) in [4.78, 5) is 0.617. The van der Waals surface area contributed by atoms with E-state index in [-0.39, 0.29) is 0 Å². The molecule has 0 aliphatic heterocycles. The third-order valence-electron chi connectivity index (χ3n) is 3.98. The molecule has 0 aromatic heterocycles. The quantitative estimate of drug-likeness (QED) is 0.674. The average Bonchev–Trinajstić information content (AvgIpc) is 2.90. The van der Waals surface area contributed by atoms with E-state index in [0.717, 1.165) is 18.1 Å². The highest BCUT2D eigenvalue weighted by Gasteiger charge is 2.16. The molecule has 0 N–H and O–H groups in total. The summed E-state index contributed by atoms with van der Waals surface area (Å²) in [5, 5.41) is 0. The molecule has 0 saturated heterocycles. The molecule has 0 amide bonds. The molecule has 1 unspecified atom stereocenters. The molecule has 0 bridgehead atoms. The molecule has 1 atom stereocenters. The Kier molecular flexibility index (Phi) is 5.55. The maximum absolute atomic E-state index is 5.18. The molecule has 1 aromatic rings. The van der Waals surface area contributed by atoms with Gasteiger partial charge < -0.3 is 4.74 Å². The minimum atomic E-state index is 0.617. The summed E-state index contributed by atoms with van der Waals surface area (Å²) in [6.45, 7) is 0. The van der Waals surface area contributed by atoms with Gasteiger partial charge in [0.05, 0.1) is 7.11 Å². The fourth-order valence-electron chi connectivity index (χ4n) is 2.84. The van der Waals surface area contributed by atoms with E-state index >= 15 is 0 Å². The smallest absolute Gasteiger partial charge is 0.118 e. The summed E-state index contributed by atoms with van der Waals surface area (Å²) in [6.07, 6.45) is 9.65. The summed E-state index contributed by atoms with van der Waals surface area (Å²) >= 11 is 3.83. The van der Waals surface area contributed by atoms with Crippen LogP contribution < -0.4 is 4.74 Å². The Bertz CT molecular complexity index is 341. The van der Waals surface area contributed by atoms with E-state index in [1.807, 2.05) is 12.1 Å². The Labute approximate surface area is 119 Å². The SMILES string of the molecule is COc1ccc(CC(Br)CCC2CCCC2)cc1. The number of benzene rings is 1. The summed E-state index contributed by atoms with van der Waals surface area (Å²) in [5.41, 5.74) is 1.39. The first-order valence-corrected chi connectivity index (χ1v) is 7.96. The largest absolute Gasteiger partial charge is 0.497 e. The fraction of sp³-hybridized carbons (Fsp3) is 0.625. The van der Waals surface area contributed by atoms with Crippen molar-refractivity contribution in [2.75, 3.05) is 7.11 Å². The molecule has 0 spiro atoms. The van der Waals surface area contributed by atoms with Crippen LogP contribution >= 0.6 is 15.9 Å². The molecule has 0 heterocycles. The Morgan fingerprint density at radius 1 is 1.22 bits per heavy atom. The van der Waals surface area contributed by atoms with E-state index < -0.39 is 0 Å². The molecule has 2 rings (SSSR count). The van der Waals surface area contributed by atoms with Crippen molar-refractivity contribution < 1.29 is 4.74 Å². The van der Waals surface area contributed by atoms with Gasteiger partial charge in [0, 0.05) is 4.83 Å². The second kappa shape index (κ2) is 7.18. The standard InChI is InChI=1S/C16H23BrO/c1-18-16-10-7-14(8-11-16)12-15(17)9-6-13-4-2-3-5-13/h7-8,10-11,13,15H,2-6,9,12H2,1H3. The van der Waals surface area contributed by atoms with Gasteiger partial charge in [-0.1, -0.05) is 53.7 Å². The lowest BCUT2D eigenvalue weighted by molar-refractivity contribution is 0.414. The van der Waals surface area contributed by atoms with Gasteiger partial charge in [0.15, 0.2) is 0 Å². The van der Waals surface area contributed by atoms with Gasteiger partial charge in [0.2, 0.25) is 0 Å². The van der Waals surface area contributed by atoms with Crippen molar-refractivity contribution in [2.24, 2.45) is 5.92 Å². The normalized spacial score (nSPS) is 17.9. The Morgan fingerprint density at radius 2 is 1.89 bits per heavy atom. The van der Waals surface area contributed by atoms with E-state index in [2.05, 4.69) is 28.1 Å². The van der Waals surface area contributed by atoms with Crippen LogP contribution in [0.3, 0.4) is 0 Å². The Hall–Kier alpha value is -0.500. The molecular weight excluding hydrogens is 288 g/mol. The van der Waals surface area contributed by atoms with Crippen molar-refractivity contribution in [3.63, 3.8) is 0 Å². The number of alkyl halides is 1. The molecule has 1 aliphatic rings. The van der Waals surface area contributed by atoms with Crippen LogP contribution in [0.15, 0.2) is 24.3 Å². The Balaban J connectivity index is 1.73. The number of halogens is 1. The zero-order valence-electron chi connectivity index (χ0n) is 11.2. The van der Waals surface area contributed by atoms with Crippen molar-refractivity contribution in [1.82, 2.24) is 0 Å². The van der Waals surface area contributed by atoms with E-state index in [1.54, 1.807) is 7.11 Å². The molecule has 1 fully saturated rings. The van der Waals surface area contributed by atoms with Gasteiger partial charge in [0.25, 0.3) is 0 Å². The van der Waals surface area contributed by atoms with Crippen LogP contribution in [0, 0.1) is 5.92 Å². The molecule has 1 saturated carbocycles. The van der Waals surface area contributed by atoms with Crippen molar-refractivity contribution >= 4 is 15.9 Å². The average molecular weight is 311 g/mol. The van der Waals surface area contributed by atoms with Gasteiger partial charge >= 0.3 is 0 Å². The number of hydrogen-bond acceptors (Lipinski definition) is 1. The van der Waals surface area contributed by atoms with E-state index in [0.29, 0.717) is 4.83 Å². The molecule has 2 heteroatoms. The van der Waals surface area contributed by atoms with Gasteiger partial charge in [-0.2, -0.15) is 0 Å². The van der Waals surface area contributed by atoms with Crippen LogP contribution in [-0.4, -0.2) is 11.9 Å². The lowest BCUT2D eigenvalue weighted by Gasteiger charge is -2.13. The second-order valence-electron chi connectivity index (χ2n) is 5.38. The highest BCUT2D eigenvalue weighted by atomic mass is 79.9. The van der Waals surface area contributed by atoms with Crippen LogP contribution in [-0.2, 0) is 6.42 Å². The lowest BCUT2D eigenvalue weighted by Crippen LogP contribution is -2.05. The molecule has 0 radical (unpaired) electrons. The predicted octanol–water partition coefficient (Wildman–Crippen LogP) is 4.97. The van der Waals surface area contributed by atoms with Crippen LogP contribution in [0.5, 0.6) is 5.75 Å². The van der Waals surface area contributed by atoms with Crippen molar-refractivity contribution in [1.29, 1.82) is 0 Å². The highest BCUT2D eigenvalue weighted by Crippen LogP contribution is 2.30. The first kappa shape index (κ1) is 13.9. The fourth-order valence-corrected chi connectivity index (χ4v) is 3.47. The van der Waals surface area contributed by atoms with Crippen molar-refractivity contribution in [3.05, 3.63) is 29.8 Å². The number of ether oxygens (including phenoxy) is 1. The van der Waals surface area contributed by atoms with Crippen molar-refractivity contribution in [3.8, 4) is 5.75 Å². The van der Waals surface area contributed by atoms with Crippen LogP contribution in [0.25, 0.3) is 0 Å². The first-order valence-electron chi connectivity index (χ1n) is 7.05. The molecular formula is C16H23BrO. The molecule has 18 heavy (non-hydrogen) atoms. The van der Waals surface area contributed by atoms with Crippen LogP contribution in [0.2, 0.25) is 0 Å². The minimum absolute atomic E-state index is 0.617. The van der Waals surface area contributed by atoms with Crippen LogP contribution in [0.4, 0.5) is 0 Å². The zero-order chi connectivity index (χ0) is 12.8. The first-order chi connectivity index (χ1) is 8.78. The maximum Gasteiger partial charge on any atom is 0.118 e. The minimum Gasteiger partial charge on any atom is -0.497 e.